The smallest absolute Gasteiger partial charge is 0.232 e. The molecule has 4 heterocycles. The fourth-order valence-electron chi connectivity index (χ4n) is 3.25. The van der Waals surface area contributed by atoms with Gasteiger partial charge in [0.25, 0.3) is 0 Å². The zero-order valence-electron chi connectivity index (χ0n) is 16.1. The monoisotopic (exact) mass is 442 g/mol. The van der Waals surface area contributed by atoms with E-state index in [1.165, 1.54) is 24.6 Å². The normalized spacial score (nSPS) is 11.1. The van der Waals surface area contributed by atoms with Crippen molar-refractivity contribution in [2.45, 2.75) is 19.8 Å². The molecule has 0 N–H and O–H groups in total. The average Bonchev–Trinajstić information content (AvgIpc) is 3.09. The number of aromatic nitrogens is 4. The summed E-state index contributed by atoms with van der Waals surface area (Å²) in [5, 5.41) is 1.15. The molecule has 0 saturated heterocycles. The number of aryl methyl sites for hydroxylation is 1. The molecule has 0 amide bonds. The fourth-order valence-corrected chi connectivity index (χ4v) is 4.28. The number of halogens is 2. The summed E-state index contributed by atoms with van der Waals surface area (Å²) in [4.78, 5) is 30.4. The largest absolute Gasteiger partial charge is 0.480 e. The Morgan fingerprint density at radius 3 is 2.80 bits per heavy atom. The minimum Gasteiger partial charge on any atom is -0.480 e. The van der Waals surface area contributed by atoms with E-state index in [1.807, 2.05) is 6.92 Å². The van der Waals surface area contributed by atoms with Gasteiger partial charge in [-0.05, 0) is 30.2 Å². The van der Waals surface area contributed by atoms with E-state index in [4.69, 9.17) is 16.3 Å². The summed E-state index contributed by atoms with van der Waals surface area (Å²) in [6, 6.07) is 3.24. The third-order valence-corrected chi connectivity index (χ3v) is 5.65. The Morgan fingerprint density at radius 1 is 1.23 bits per heavy atom. The van der Waals surface area contributed by atoms with E-state index in [1.54, 1.807) is 24.5 Å². The summed E-state index contributed by atoms with van der Waals surface area (Å²) in [6.45, 7) is 1.87. The van der Waals surface area contributed by atoms with Crippen molar-refractivity contribution < 1.29 is 13.9 Å². The zero-order chi connectivity index (χ0) is 21.3. The van der Waals surface area contributed by atoms with Crippen LogP contribution in [-0.4, -0.2) is 32.8 Å². The number of thiazole rings is 1. The van der Waals surface area contributed by atoms with Gasteiger partial charge in [-0.3, -0.25) is 9.78 Å². The Hall–Kier alpha value is -2.97. The van der Waals surface area contributed by atoms with Crippen molar-refractivity contribution in [3.8, 4) is 17.0 Å². The molecule has 0 aliphatic carbocycles. The van der Waals surface area contributed by atoms with E-state index in [0.29, 0.717) is 43.5 Å². The molecule has 0 unspecified atom stereocenters. The second-order valence-electron chi connectivity index (χ2n) is 6.63. The van der Waals surface area contributed by atoms with Crippen LogP contribution in [0.1, 0.15) is 16.1 Å². The number of fused-ring (bicyclic) bond motifs is 1. The Kier molecular flexibility index (Phi) is 5.69. The number of ketones is 1. The standard InChI is InChI=1S/C21H16ClFN4O2S/c1-11-27-19-18(15-3-4-24-10-17(15)23)13(9-26-21(19)30-11)7-14(28)5-12-6-16(22)20(29-2)25-8-12/h3-4,6,8-10H,5,7H2,1-2H3. The average molecular weight is 443 g/mol. The molecule has 0 bridgehead atoms. The number of hydrogen-bond donors (Lipinski definition) is 0. The van der Waals surface area contributed by atoms with Crippen LogP contribution in [0.2, 0.25) is 5.02 Å². The molecule has 0 aromatic carbocycles. The molecule has 9 heteroatoms. The van der Waals surface area contributed by atoms with Crippen LogP contribution in [0.15, 0.2) is 36.9 Å². The Balaban J connectivity index is 1.70. The van der Waals surface area contributed by atoms with E-state index >= 15 is 0 Å². The molecule has 30 heavy (non-hydrogen) atoms. The molecule has 4 rings (SSSR count). The van der Waals surface area contributed by atoms with Gasteiger partial charge >= 0.3 is 0 Å². The molecule has 6 nitrogen and oxygen atoms in total. The van der Waals surface area contributed by atoms with Gasteiger partial charge in [0.05, 0.1) is 18.3 Å². The van der Waals surface area contributed by atoms with Crippen LogP contribution in [0.3, 0.4) is 0 Å². The molecule has 0 atom stereocenters. The summed E-state index contributed by atoms with van der Waals surface area (Å²) in [5.74, 6) is -0.255. The predicted molar refractivity (Wildman–Crippen MR) is 114 cm³/mol. The van der Waals surface area contributed by atoms with Gasteiger partial charge in [0.1, 0.15) is 27.0 Å². The second kappa shape index (κ2) is 8.41. The third kappa shape index (κ3) is 4.01. The van der Waals surface area contributed by atoms with Crippen LogP contribution in [0.25, 0.3) is 21.5 Å². The van der Waals surface area contributed by atoms with Crippen LogP contribution in [0.4, 0.5) is 4.39 Å². The number of ether oxygens (including phenoxy) is 1. The minimum atomic E-state index is -0.476. The van der Waals surface area contributed by atoms with Gasteiger partial charge in [0.2, 0.25) is 5.88 Å². The van der Waals surface area contributed by atoms with Crippen molar-refractivity contribution in [2.24, 2.45) is 0 Å². The maximum absolute atomic E-state index is 14.6. The summed E-state index contributed by atoms with van der Waals surface area (Å²) >= 11 is 7.52. The van der Waals surface area contributed by atoms with Crippen LogP contribution >= 0.6 is 22.9 Å². The van der Waals surface area contributed by atoms with Crippen molar-refractivity contribution in [2.75, 3.05) is 7.11 Å². The highest BCUT2D eigenvalue weighted by Gasteiger charge is 2.20. The molecule has 0 aliphatic rings. The van der Waals surface area contributed by atoms with Crippen molar-refractivity contribution in [1.29, 1.82) is 0 Å². The number of rotatable bonds is 6. The van der Waals surface area contributed by atoms with Crippen LogP contribution in [0.5, 0.6) is 5.88 Å². The number of carbonyl (C=O) groups excluding carboxylic acids is 1. The highest BCUT2D eigenvalue weighted by atomic mass is 35.5. The van der Waals surface area contributed by atoms with E-state index < -0.39 is 5.82 Å². The first-order valence-corrected chi connectivity index (χ1v) is 10.2. The van der Waals surface area contributed by atoms with Crippen LogP contribution in [0, 0.1) is 12.7 Å². The lowest BCUT2D eigenvalue weighted by Crippen LogP contribution is -2.09. The predicted octanol–water partition coefficient (Wildman–Crippen LogP) is 4.61. The number of Topliss-reactive ketones (excluding diaryl/α,β-unsaturated/α-hetero) is 1. The van der Waals surface area contributed by atoms with Crippen molar-refractivity contribution in [3.05, 3.63) is 63.9 Å². The topological polar surface area (TPSA) is 77.9 Å². The highest BCUT2D eigenvalue weighted by Crippen LogP contribution is 2.34. The van der Waals surface area contributed by atoms with Gasteiger partial charge in [0.15, 0.2) is 0 Å². The number of pyridine rings is 3. The van der Waals surface area contributed by atoms with E-state index in [0.717, 1.165) is 11.2 Å². The number of carbonyl (C=O) groups is 1. The first-order chi connectivity index (χ1) is 14.5. The third-order valence-electron chi connectivity index (χ3n) is 4.50. The number of hydrogen-bond acceptors (Lipinski definition) is 7. The summed E-state index contributed by atoms with van der Waals surface area (Å²) in [5.41, 5.74) is 2.78. The van der Waals surface area contributed by atoms with Gasteiger partial charge in [0, 0.05) is 42.6 Å². The highest BCUT2D eigenvalue weighted by molar-refractivity contribution is 7.18. The van der Waals surface area contributed by atoms with Gasteiger partial charge < -0.3 is 4.74 Å². The van der Waals surface area contributed by atoms with Crippen molar-refractivity contribution in [1.82, 2.24) is 19.9 Å². The molecular weight excluding hydrogens is 427 g/mol. The van der Waals surface area contributed by atoms with Gasteiger partial charge in [-0.25, -0.2) is 19.3 Å². The molecule has 0 aliphatic heterocycles. The second-order valence-corrected chi connectivity index (χ2v) is 8.22. The van der Waals surface area contributed by atoms with Gasteiger partial charge in [-0.15, -0.1) is 0 Å². The molecule has 0 saturated carbocycles. The van der Waals surface area contributed by atoms with Gasteiger partial charge in [-0.1, -0.05) is 22.9 Å². The Labute approximate surface area is 180 Å². The maximum atomic E-state index is 14.6. The van der Waals surface area contributed by atoms with Gasteiger partial charge in [-0.2, -0.15) is 0 Å². The molecule has 4 aromatic heterocycles. The summed E-state index contributed by atoms with van der Waals surface area (Å²) in [6.07, 6.45) is 6.03. The molecule has 0 fully saturated rings. The van der Waals surface area contributed by atoms with E-state index in [-0.39, 0.29) is 18.6 Å². The van der Waals surface area contributed by atoms with Crippen molar-refractivity contribution >= 4 is 39.1 Å². The van der Waals surface area contributed by atoms with Crippen LogP contribution < -0.4 is 4.74 Å². The lowest BCUT2D eigenvalue weighted by molar-refractivity contribution is -0.117. The zero-order valence-corrected chi connectivity index (χ0v) is 17.7. The molecule has 0 radical (unpaired) electrons. The first-order valence-electron chi connectivity index (χ1n) is 9.01. The lowest BCUT2D eigenvalue weighted by Gasteiger charge is -2.11. The lowest BCUT2D eigenvalue weighted by atomic mass is 9.96. The van der Waals surface area contributed by atoms with E-state index in [2.05, 4.69) is 19.9 Å². The maximum Gasteiger partial charge on any atom is 0.232 e. The minimum absolute atomic E-state index is 0.0697. The summed E-state index contributed by atoms with van der Waals surface area (Å²) in [7, 11) is 1.47. The molecule has 152 valence electrons. The Morgan fingerprint density at radius 2 is 2.07 bits per heavy atom. The quantitative estimate of drug-likeness (QED) is 0.434. The Bertz CT molecular complexity index is 1260. The number of nitrogens with zero attached hydrogens (tertiary/aromatic N) is 4. The molecule has 4 aromatic rings. The number of methoxy groups -OCH3 is 1. The van der Waals surface area contributed by atoms with Crippen molar-refractivity contribution in [3.63, 3.8) is 0 Å². The SMILES string of the molecule is COc1ncc(CC(=O)Cc2cnc3sc(C)nc3c2-c2ccncc2F)cc1Cl. The molecule has 0 spiro atoms. The van der Waals surface area contributed by atoms with Crippen LogP contribution in [-0.2, 0) is 17.6 Å². The fraction of sp³-hybridized carbons (Fsp3) is 0.190. The molecular formula is C21H16ClFN4O2S. The summed E-state index contributed by atoms with van der Waals surface area (Å²) < 4.78 is 19.6. The van der Waals surface area contributed by atoms with E-state index in [9.17, 15) is 9.18 Å². The first kappa shape index (κ1) is 20.3.